The Balaban J connectivity index is 1.53. The molecule has 7 nitrogen and oxygen atoms in total. The minimum absolute atomic E-state index is 0.151. The predicted octanol–water partition coefficient (Wildman–Crippen LogP) is 2.31. The van der Waals surface area contributed by atoms with Gasteiger partial charge in [0.2, 0.25) is 11.8 Å². The van der Waals surface area contributed by atoms with Crippen LogP contribution in [0.4, 0.5) is 5.88 Å². The van der Waals surface area contributed by atoms with E-state index in [0.29, 0.717) is 23.8 Å². The second kappa shape index (κ2) is 6.89. The van der Waals surface area contributed by atoms with Gasteiger partial charge in [-0.3, -0.25) is 20.1 Å². The zero-order valence-electron chi connectivity index (χ0n) is 13.9. The van der Waals surface area contributed by atoms with E-state index in [9.17, 15) is 10.1 Å². The average molecular weight is 327 g/mol. The number of aromatic nitrogens is 2. The maximum atomic E-state index is 12.2. The lowest BCUT2D eigenvalue weighted by atomic mass is 9.91. The number of rotatable bonds is 4. The van der Waals surface area contributed by atoms with Gasteiger partial charge in [-0.05, 0) is 51.3 Å². The molecule has 0 spiro atoms. The van der Waals surface area contributed by atoms with Crippen molar-refractivity contribution in [1.82, 2.24) is 15.1 Å². The van der Waals surface area contributed by atoms with Crippen LogP contribution < -0.4 is 5.32 Å². The number of amides is 1. The van der Waals surface area contributed by atoms with E-state index in [4.69, 9.17) is 4.42 Å². The fourth-order valence-electron chi connectivity index (χ4n) is 3.13. The van der Waals surface area contributed by atoms with Crippen molar-refractivity contribution < 1.29 is 9.21 Å². The number of nitriles is 1. The Morgan fingerprint density at radius 2 is 2.25 bits per heavy atom. The molecule has 0 saturated carbocycles. The van der Waals surface area contributed by atoms with E-state index in [1.54, 1.807) is 6.92 Å². The molecule has 2 N–H and O–H groups in total. The summed E-state index contributed by atoms with van der Waals surface area (Å²) in [5.41, 5.74) is 2.41. The van der Waals surface area contributed by atoms with E-state index < -0.39 is 0 Å². The van der Waals surface area contributed by atoms with Crippen molar-refractivity contribution in [2.75, 3.05) is 25.0 Å². The Morgan fingerprint density at radius 3 is 2.88 bits per heavy atom. The number of aromatic amines is 1. The van der Waals surface area contributed by atoms with Gasteiger partial charge in [-0.15, -0.1) is 0 Å². The maximum Gasteiger partial charge on any atom is 0.240 e. The van der Waals surface area contributed by atoms with Crippen LogP contribution in [-0.2, 0) is 4.79 Å². The second-order valence-electron chi connectivity index (χ2n) is 6.23. The van der Waals surface area contributed by atoms with E-state index in [1.165, 1.54) is 5.56 Å². The molecule has 3 rings (SSSR count). The van der Waals surface area contributed by atoms with Crippen LogP contribution in [0.15, 0.2) is 16.8 Å². The van der Waals surface area contributed by atoms with Crippen LogP contribution in [0.2, 0.25) is 0 Å². The third-order valence-electron chi connectivity index (χ3n) is 4.70. The SMILES string of the molecule is Cc1oc(NC(=O)CN2CCC(c3cn[nH]c3)CC2)c(C#N)c1C. The van der Waals surface area contributed by atoms with E-state index in [1.807, 2.05) is 19.3 Å². The summed E-state index contributed by atoms with van der Waals surface area (Å²) < 4.78 is 5.48. The van der Waals surface area contributed by atoms with Gasteiger partial charge in [-0.1, -0.05) is 0 Å². The lowest BCUT2D eigenvalue weighted by Crippen LogP contribution is -2.38. The zero-order valence-corrected chi connectivity index (χ0v) is 13.9. The molecule has 1 fully saturated rings. The van der Waals surface area contributed by atoms with E-state index >= 15 is 0 Å². The normalized spacial score (nSPS) is 16.0. The molecular weight excluding hydrogens is 306 g/mol. The fraction of sp³-hybridized carbons (Fsp3) is 0.471. The molecule has 1 amide bonds. The van der Waals surface area contributed by atoms with Crippen LogP contribution in [0, 0.1) is 25.2 Å². The summed E-state index contributed by atoms with van der Waals surface area (Å²) in [6.07, 6.45) is 5.83. The summed E-state index contributed by atoms with van der Waals surface area (Å²) in [4.78, 5) is 14.4. The molecule has 0 atom stereocenters. The molecule has 2 aromatic heterocycles. The highest BCUT2D eigenvalue weighted by Crippen LogP contribution is 2.28. The first-order valence-corrected chi connectivity index (χ1v) is 8.09. The first-order chi connectivity index (χ1) is 11.6. The number of carbonyl (C=O) groups excluding carboxylic acids is 1. The molecule has 24 heavy (non-hydrogen) atoms. The molecule has 0 aliphatic carbocycles. The number of hydrogen-bond acceptors (Lipinski definition) is 5. The van der Waals surface area contributed by atoms with Crippen molar-refractivity contribution in [3.05, 3.63) is 34.8 Å². The van der Waals surface area contributed by atoms with Gasteiger partial charge >= 0.3 is 0 Å². The van der Waals surface area contributed by atoms with Crippen LogP contribution in [-0.4, -0.2) is 40.6 Å². The predicted molar refractivity (Wildman–Crippen MR) is 88.5 cm³/mol. The molecule has 0 aromatic carbocycles. The number of carbonyl (C=O) groups is 1. The van der Waals surface area contributed by atoms with Gasteiger partial charge < -0.3 is 4.42 Å². The molecule has 3 heterocycles. The first-order valence-electron chi connectivity index (χ1n) is 8.09. The largest absolute Gasteiger partial charge is 0.444 e. The van der Waals surface area contributed by atoms with E-state index in [-0.39, 0.29) is 11.8 Å². The number of furan rings is 1. The Morgan fingerprint density at radius 1 is 1.50 bits per heavy atom. The summed E-state index contributed by atoms with van der Waals surface area (Å²) in [5.74, 6) is 1.26. The lowest BCUT2D eigenvalue weighted by Gasteiger charge is -2.30. The third kappa shape index (κ3) is 3.34. The van der Waals surface area contributed by atoms with Crippen molar-refractivity contribution in [2.45, 2.75) is 32.6 Å². The van der Waals surface area contributed by atoms with Gasteiger partial charge in [0, 0.05) is 11.8 Å². The van der Waals surface area contributed by atoms with Crippen LogP contribution in [0.5, 0.6) is 0 Å². The number of H-pyrrole nitrogens is 1. The number of hydrogen-bond donors (Lipinski definition) is 2. The molecule has 1 aliphatic rings. The fourth-order valence-corrected chi connectivity index (χ4v) is 3.13. The monoisotopic (exact) mass is 327 g/mol. The standard InChI is InChI=1S/C17H21N5O2/c1-11-12(2)24-17(15(11)7-18)21-16(23)10-22-5-3-13(4-6-22)14-8-19-20-9-14/h8-9,13H,3-6,10H2,1-2H3,(H,19,20)(H,21,23). The van der Waals surface area contributed by atoms with Crippen molar-refractivity contribution in [2.24, 2.45) is 0 Å². The number of nitrogens with zero attached hydrogens (tertiary/aromatic N) is 3. The Hall–Kier alpha value is -2.59. The zero-order chi connectivity index (χ0) is 17.1. The summed E-state index contributed by atoms with van der Waals surface area (Å²) >= 11 is 0. The maximum absolute atomic E-state index is 12.2. The minimum Gasteiger partial charge on any atom is -0.444 e. The topological polar surface area (TPSA) is 97.9 Å². The van der Waals surface area contributed by atoms with Gasteiger partial charge in [0.15, 0.2) is 0 Å². The van der Waals surface area contributed by atoms with E-state index in [0.717, 1.165) is 31.5 Å². The molecule has 0 unspecified atom stereocenters. The molecule has 1 saturated heterocycles. The molecular formula is C17H21N5O2. The highest BCUT2D eigenvalue weighted by Gasteiger charge is 2.23. The number of likely N-dealkylation sites (tertiary alicyclic amines) is 1. The van der Waals surface area contributed by atoms with Crippen molar-refractivity contribution in [3.63, 3.8) is 0 Å². The van der Waals surface area contributed by atoms with Gasteiger partial charge in [0.05, 0.1) is 12.7 Å². The highest BCUT2D eigenvalue weighted by atomic mass is 16.4. The van der Waals surface area contributed by atoms with Crippen molar-refractivity contribution in [3.8, 4) is 6.07 Å². The minimum atomic E-state index is -0.151. The number of aryl methyl sites for hydroxylation is 1. The quantitative estimate of drug-likeness (QED) is 0.898. The summed E-state index contributed by atoms with van der Waals surface area (Å²) in [7, 11) is 0. The summed E-state index contributed by atoms with van der Waals surface area (Å²) in [6, 6.07) is 2.08. The summed E-state index contributed by atoms with van der Waals surface area (Å²) in [5, 5.41) is 18.8. The van der Waals surface area contributed by atoms with Crippen LogP contribution in [0.25, 0.3) is 0 Å². The summed E-state index contributed by atoms with van der Waals surface area (Å²) in [6.45, 7) is 5.64. The van der Waals surface area contributed by atoms with Crippen molar-refractivity contribution >= 4 is 11.8 Å². The smallest absolute Gasteiger partial charge is 0.240 e. The lowest BCUT2D eigenvalue weighted by molar-refractivity contribution is -0.117. The second-order valence-corrected chi connectivity index (χ2v) is 6.23. The van der Waals surface area contributed by atoms with Crippen LogP contribution in [0.1, 0.15) is 41.2 Å². The Kier molecular flexibility index (Phi) is 4.67. The molecule has 126 valence electrons. The third-order valence-corrected chi connectivity index (χ3v) is 4.70. The Bertz CT molecular complexity index is 749. The van der Waals surface area contributed by atoms with Crippen LogP contribution in [0.3, 0.4) is 0 Å². The van der Waals surface area contributed by atoms with E-state index in [2.05, 4.69) is 26.5 Å². The number of anilines is 1. The van der Waals surface area contributed by atoms with Gasteiger partial charge in [-0.25, -0.2) is 0 Å². The number of piperidine rings is 1. The highest BCUT2D eigenvalue weighted by molar-refractivity contribution is 5.92. The van der Waals surface area contributed by atoms with Gasteiger partial charge in [0.1, 0.15) is 17.4 Å². The number of nitrogens with one attached hydrogen (secondary N) is 2. The van der Waals surface area contributed by atoms with Gasteiger partial charge in [-0.2, -0.15) is 10.4 Å². The van der Waals surface area contributed by atoms with Crippen molar-refractivity contribution in [1.29, 1.82) is 5.26 Å². The molecule has 0 bridgehead atoms. The molecule has 0 radical (unpaired) electrons. The molecule has 2 aromatic rings. The molecule has 1 aliphatic heterocycles. The van der Waals surface area contributed by atoms with Crippen LogP contribution >= 0.6 is 0 Å². The van der Waals surface area contributed by atoms with Gasteiger partial charge in [0.25, 0.3) is 0 Å². The average Bonchev–Trinajstić information content (AvgIpc) is 3.18. The Labute approximate surface area is 140 Å². The first kappa shape index (κ1) is 16.3. The molecule has 7 heteroatoms.